The summed E-state index contributed by atoms with van der Waals surface area (Å²) in [7, 11) is 1.73. The summed E-state index contributed by atoms with van der Waals surface area (Å²) in [6, 6.07) is 2.51. The first kappa shape index (κ1) is 14.4. The third-order valence-electron chi connectivity index (χ3n) is 3.54. The lowest BCUT2D eigenvalue weighted by atomic mass is 9.95. The number of hydrogen-bond acceptors (Lipinski definition) is 4. The van der Waals surface area contributed by atoms with E-state index in [2.05, 4.69) is 23.2 Å². The van der Waals surface area contributed by atoms with E-state index in [9.17, 15) is 0 Å². The monoisotopic (exact) mass is 239 g/mol. The van der Waals surface area contributed by atoms with Crippen LogP contribution >= 0.6 is 0 Å². The normalized spacial score (nSPS) is 20.1. The van der Waals surface area contributed by atoms with E-state index in [-0.39, 0.29) is 6.04 Å². The predicted molar refractivity (Wildman–Crippen MR) is 68.7 cm³/mol. The maximum Gasteiger partial charge on any atom is 0.0975 e. The van der Waals surface area contributed by atoms with Crippen LogP contribution in [0.2, 0.25) is 0 Å². The van der Waals surface area contributed by atoms with Gasteiger partial charge in [0.2, 0.25) is 0 Å². The van der Waals surface area contributed by atoms with Gasteiger partial charge in [-0.05, 0) is 44.8 Å². The maximum absolute atomic E-state index is 9.03. The number of nitrogens with one attached hydrogen (secondary N) is 1. The van der Waals surface area contributed by atoms with Crippen molar-refractivity contribution in [1.82, 2.24) is 10.2 Å². The SMILES string of the molecule is CCC(C#N)N1CCC(CNCCOC)CC1. The van der Waals surface area contributed by atoms with Gasteiger partial charge in [-0.3, -0.25) is 4.90 Å². The predicted octanol–water partition coefficient (Wildman–Crippen LogP) is 1.24. The number of hydrogen-bond donors (Lipinski definition) is 1. The Balaban J connectivity index is 2.15. The summed E-state index contributed by atoms with van der Waals surface area (Å²) >= 11 is 0. The highest BCUT2D eigenvalue weighted by molar-refractivity contribution is 4.92. The molecule has 0 aromatic heterocycles. The number of nitrogens with zero attached hydrogens (tertiary/aromatic N) is 2. The van der Waals surface area contributed by atoms with Gasteiger partial charge in [0.05, 0.1) is 18.7 Å². The molecule has 1 aliphatic heterocycles. The molecule has 4 heteroatoms. The zero-order valence-electron chi connectivity index (χ0n) is 11.1. The van der Waals surface area contributed by atoms with E-state index in [1.807, 2.05) is 0 Å². The highest BCUT2D eigenvalue weighted by Crippen LogP contribution is 2.19. The molecule has 0 aliphatic carbocycles. The molecule has 1 heterocycles. The van der Waals surface area contributed by atoms with E-state index < -0.39 is 0 Å². The Kier molecular flexibility index (Phi) is 7.18. The molecule has 98 valence electrons. The average Bonchev–Trinajstić information content (AvgIpc) is 2.38. The highest BCUT2D eigenvalue weighted by atomic mass is 16.5. The number of methoxy groups -OCH3 is 1. The van der Waals surface area contributed by atoms with Gasteiger partial charge in [0.1, 0.15) is 0 Å². The molecular formula is C13H25N3O. The van der Waals surface area contributed by atoms with E-state index in [4.69, 9.17) is 10.00 Å². The molecule has 1 saturated heterocycles. The molecule has 1 N–H and O–H groups in total. The van der Waals surface area contributed by atoms with Crippen LogP contribution in [-0.2, 0) is 4.74 Å². The van der Waals surface area contributed by atoms with Crippen LogP contribution in [0.5, 0.6) is 0 Å². The van der Waals surface area contributed by atoms with E-state index in [0.29, 0.717) is 0 Å². The van der Waals surface area contributed by atoms with Crippen LogP contribution < -0.4 is 5.32 Å². The fourth-order valence-corrected chi connectivity index (χ4v) is 2.38. The summed E-state index contributed by atoms with van der Waals surface area (Å²) in [5, 5.41) is 12.4. The molecule has 4 nitrogen and oxygen atoms in total. The number of ether oxygens (including phenoxy) is 1. The first-order valence-electron chi connectivity index (χ1n) is 6.65. The molecule has 17 heavy (non-hydrogen) atoms. The minimum atomic E-state index is 0.123. The second-order valence-electron chi connectivity index (χ2n) is 4.73. The summed E-state index contributed by atoms with van der Waals surface area (Å²) in [4.78, 5) is 2.33. The van der Waals surface area contributed by atoms with Gasteiger partial charge >= 0.3 is 0 Å². The number of piperidine rings is 1. The topological polar surface area (TPSA) is 48.3 Å². The molecule has 0 saturated carbocycles. The number of rotatable bonds is 7. The van der Waals surface area contributed by atoms with Crippen molar-refractivity contribution in [3.63, 3.8) is 0 Å². The van der Waals surface area contributed by atoms with Gasteiger partial charge in [0.15, 0.2) is 0 Å². The largest absolute Gasteiger partial charge is 0.383 e. The average molecular weight is 239 g/mol. The number of likely N-dealkylation sites (tertiary alicyclic amines) is 1. The summed E-state index contributed by atoms with van der Waals surface area (Å²) < 4.78 is 5.00. The third kappa shape index (κ3) is 5.03. The summed E-state index contributed by atoms with van der Waals surface area (Å²) in [6.45, 7) is 7.04. The third-order valence-corrected chi connectivity index (χ3v) is 3.54. The summed E-state index contributed by atoms with van der Waals surface area (Å²) in [6.07, 6.45) is 3.35. The quantitative estimate of drug-likeness (QED) is 0.679. The van der Waals surface area contributed by atoms with Gasteiger partial charge in [0, 0.05) is 13.7 Å². The second kappa shape index (κ2) is 8.46. The lowest BCUT2D eigenvalue weighted by Crippen LogP contribution is -2.42. The van der Waals surface area contributed by atoms with Crippen molar-refractivity contribution in [2.45, 2.75) is 32.2 Å². The van der Waals surface area contributed by atoms with Crippen LogP contribution in [0.4, 0.5) is 0 Å². The lowest BCUT2D eigenvalue weighted by molar-refractivity contribution is 0.150. The van der Waals surface area contributed by atoms with Gasteiger partial charge in [-0.25, -0.2) is 0 Å². The molecule has 0 bridgehead atoms. The van der Waals surface area contributed by atoms with Crippen molar-refractivity contribution < 1.29 is 4.74 Å². The van der Waals surface area contributed by atoms with Gasteiger partial charge in [-0.2, -0.15) is 5.26 Å². The number of nitriles is 1. The van der Waals surface area contributed by atoms with Crippen molar-refractivity contribution in [2.24, 2.45) is 5.92 Å². The Morgan fingerprint density at radius 3 is 2.71 bits per heavy atom. The van der Waals surface area contributed by atoms with Crippen molar-refractivity contribution in [3.05, 3.63) is 0 Å². The molecule has 0 spiro atoms. The Bertz CT molecular complexity index is 231. The van der Waals surface area contributed by atoms with Gasteiger partial charge in [-0.15, -0.1) is 0 Å². The molecular weight excluding hydrogens is 214 g/mol. The Morgan fingerprint density at radius 1 is 1.47 bits per heavy atom. The second-order valence-corrected chi connectivity index (χ2v) is 4.73. The van der Waals surface area contributed by atoms with Crippen molar-refractivity contribution in [2.75, 3.05) is 39.9 Å². The molecule has 1 unspecified atom stereocenters. The Morgan fingerprint density at radius 2 is 2.18 bits per heavy atom. The van der Waals surface area contributed by atoms with Crippen molar-refractivity contribution in [1.29, 1.82) is 5.26 Å². The van der Waals surface area contributed by atoms with Crippen LogP contribution in [0.3, 0.4) is 0 Å². The summed E-state index contributed by atoms with van der Waals surface area (Å²) in [5.41, 5.74) is 0. The van der Waals surface area contributed by atoms with Crippen LogP contribution in [0, 0.1) is 17.2 Å². The maximum atomic E-state index is 9.03. The van der Waals surface area contributed by atoms with E-state index in [1.54, 1.807) is 7.11 Å². The van der Waals surface area contributed by atoms with Crippen LogP contribution in [0.15, 0.2) is 0 Å². The first-order valence-corrected chi connectivity index (χ1v) is 6.65. The summed E-state index contributed by atoms with van der Waals surface area (Å²) in [5.74, 6) is 0.763. The zero-order valence-corrected chi connectivity index (χ0v) is 11.1. The smallest absolute Gasteiger partial charge is 0.0975 e. The molecule has 1 rings (SSSR count). The Hall–Kier alpha value is -0.630. The Labute approximate surface area is 105 Å². The fraction of sp³-hybridized carbons (Fsp3) is 0.923. The zero-order chi connectivity index (χ0) is 12.5. The van der Waals surface area contributed by atoms with Gasteiger partial charge in [0.25, 0.3) is 0 Å². The fourth-order valence-electron chi connectivity index (χ4n) is 2.38. The molecule has 1 aliphatic rings. The van der Waals surface area contributed by atoms with Crippen LogP contribution in [0.1, 0.15) is 26.2 Å². The van der Waals surface area contributed by atoms with E-state index >= 15 is 0 Å². The molecule has 1 atom stereocenters. The molecule has 1 fully saturated rings. The standard InChI is InChI=1S/C13H25N3O/c1-3-13(10-14)16-7-4-12(5-8-16)11-15-6-9-17-2/h12-13,15H,3-9,11H2,1-2H3. The van der Waals surface area contributed by atoms with Gasteiger partial charge < -0.3 is 10.1 Å². The van der Waals surface area contributed by atoms with E-state index in [1.165, 1.54) is 12.8 Å². The van der Waals surface area contributed by atoms with E-state index in [0.717, 1.165) is 45.1 Å². The lowest BCUT2D eigenvalue weighted by Gasteiger charge is -2.34. The van der Waals surface area contributed by atoms with Crippen molar-refractivity contribution in [3.8, 4) is 6.07 Å². The minimum Gasteiger partial charge on any atom is -0.383 e. The molecule has 0 amide bonds. The van der Waals surface area contributed by atoms with Gasteiger partial charge in [-0.1, -0.05) is 6.92 Å². The van der Waals surface area contributed by atoms with Crippen molar-refractivity contribution >= 4 is 0 Å². The van der Waals surface area contributed by atoms with Crippen LogP contribution in [0.25, 0.3) is 0 Å². The molecule has 0 aromatic rings. The highest BCUT2D eigenvalue weighted by Gasteiger charge is 2.23. The van der Waals surface area contributed by atoms with Crippen LogP contribution in [-0.4, -0.2) is 50.8 Å². The molecule has 0 aromatic carbocycles. The minimum absolute atomic E-state index is 0.123. The first-order chi connectivity index (χ1) is 8.31. The molecule has 0 radical (unpaired) electrons.